The molecule has 0 amide bonds. The maximum atomic E-state index is 12.7. The highest BCUT2D eigenvalue weighted by Gasteiger charge is 2.36. The van der Waals surface area contributed by atoms with Crippen molar-refractivity contribution < 1.29 is 48.3 Å². The molecule has 0 aliphatic carbocycles. The number of aromatic carboxylic acids is 1. The Hall–Kier alpha value is -3.95. The summed E-state index contributed by atoms with van der Waals surface area (Å²) >= 11 is 0. The number of methoxy groups -OCH3 is 4. The van der Waals surface area contributed by atoms with Crippen LogP contribution in [0, 0.1) is 0 Å². The average molecular weight is 448 g/mol. The van der Waals surface area contributed by atoms with E-state index in [1.165, 1.54) is 64.8 Å². The minimum absolute atomic E-state index is 0.0356. The fourth-order valence-electron chi connectivity index (χ4n) is 3.05. The molecule has 2 unspecified atom stereocenters. The van der Waals surface area contributed by atoms with Gasteiger partial charge in [-0.05, 0) is 35.9 Å². The number of rotatable bonds is 10. The molecule has 0 bridgehead atoms. The third kappa shape index (κ3) is 5.60. The SMILES string of the molecule is COC(=O)CC(Oc1ccc(C(=O)O)cc1OC)C(C(=O)OC)c1ccc(O)c(OC)c1. The monoisotopic (exact) mass is 448 g/mol. The third-order valence-corrected chi connectivity index (χ3v) is 4.67. The highest BCUT2D eigenvalue weighted by atomic mass is 16.5. The summed E-state index contributed by atoms with van der Waals surface area (Å²) in [6.07, 6.45) is -1.47. The number of esters is 2. The van der Waals surface area contributed by atoms with Gasteiger partial charge in [-0.3, -0.25) is 9.59 Å². The molecule has 172 valence electrons. The third-order valence-electron chi connectivity index (χ3n) is 4.67. The van der Waals surface area contributed by atoms with Crippen molar-refractivity contribution in [1.29, 1.82) is 0 Å². The van der Waals surface area contributed by atoms with Gasteiger partial charge in [-0.1, -0.05) is 6.07 Å². The molecule has 32 heavy (non-hydrogen) atoms. The molecule has 0 heterocycles. The van der Waals surface area contributed by atoms with Gasteiger partial charge in [0.15, 0.2) is 23.0 Å². The largest absolute Gasteiger partial charge is 0.504 e. The summed E-state index contributed by atoms with van der Waals surface area (Å²) in [6, 6.07) is 8.14. The second kappa shape index (κ2) is 10.9. The van der Waals surface area contributed by atoms with Gasteiger partial charge in [0.1, 0.15) is 12.0 Å². The molecule has 10 heteroatoms. The van der Waals surface area contributed by atoms with Crippen molar-refractivity contribution in [3.05, 3.63) is 47.5 Å². The zero-order valence-electron chi connectivity index (χ0n) is 18.0. The van der Waals surface area contributed by atoms with Gasteiger partial charge in [0.2, 0.25) is 0 Å². The molecule has 0 saturated heterocycles. The summed E-state index contributed by atoms with van der Waals surface area (Å²) in [6.45, 7) is 0. The van der Waals surface area contributed by atoms with Crippen LogP contribution in [-0.2, 0) is 19.1 Å². The lowest BCUT2D eigenvalue weighted by Gasteiger charge is -2.27. The van der Waals surface area contributed by atoms with E-state index in [0.29, 0.717) is 5.56 Å². The summed E-state index contributed by atoms with van der Waals surface area (Å²) < 4.78 is 26.0. The molecule has 2 atom stereocenters. The average Bonchev–Trinajstić information content (AvgIpc) is 2.79. The Morgan fingerprint density at radius 2 is 1.56 bits per heavy atom. The summed E-state index contributed by atoms with van der Waals surface area (Å²) in [7, 11) is 5.05. The highest BCUT2D eigenvalue weighted by molar-refractivity contribution is 5.88. The van der Waals surface area contributed by atoms with E-state index in [-0.39, 0.29) is 35.0 Å². The van der Waals surface area contributed by atoms with Crippen molar-refractivity contribution in [3.8, 4) is 23.0 Å². The lowest BCUT2D eigenvalue weighted by molar-refractivity contribution is -0.147. The lowest BCUT2D eigenvalue weighted by Crippen LogP contribution is -2.34. The van der Waals surface area contributed by atoms with Crippen LogP contribution in [0.4, 0.5) is 0 Å². The number of benzene rings is 2. The van der Waals surface area contributed by atoms with Gasteiger partial charge in [0, 0.05) is 0 Å². The predicted octanol–water partition coefficient (Wildman–Crippen LogP) is 2.37. The number of carboxylic acids is 1. The zero-order valence-corrected chi connectivity index (χ0v) is 18.0. The normalized spacial score (nSPS) is 12.2. The van der Waals surface area contributed by atoms with Crippen LogP contribution >= 0.6 is 0 Å². The molecule has 0 aromatic heterocycles. The van der Waals surface area contributed by atoms with Gasteiger partial charge in [0.25, 0.3) is 0 Å². The van der Waals surface area contributed by atoms with Gasteiger partial charge < -0.3 is 33.9 Å². The topological polar surface area (TPSA) is 138 Å². The van der Waals surface area contributed by atoms with Gasteiger partial charge in [0.05, 0.1) is 40.4 Å². The predicted molar refractivity (Wildman–Crippen MR) is 110 cm³/mol. The van der Waals surface area contributed by atoms with E-state index in [1.807, 2.05) is 0 Å². The second-order valence-electron chi connectivity index (χ2n) is 6.54. The second-order valence-corrected chi connectivity index (χ2v) is 6.54. The molecule has 2 aromatic rings. The lowest BCUT2D eigenvalue weighted by atomic mass is 9.91. The number of ether oxygens (including phenoxy) is 5. The van der Waals surface area contributed by atoms with Crippen LogP contribution < -0.4 is 14.2 Å². The van der Waals surface area contributed by atoms with Crippen LogP contribution in [0.5, 0.6) is 23.0 Å². The first-order valence-corrected chi connectivity index (χ1v) is 9.35. The molecule has 10 nitrogen and oxygen atoms in total. The maximum absolute atomic E-state index is 12.7. The molecule has 0 aliphatic heterocycles. The fourth-order valence-corrected chi connectivity index (χ4v) is 3.05. The number of phenols is 1. The van der Waals surface area contributed by atoms with Gasteiger partial charge in [-0.25, -0.2) is 4.79 Å². The molecule has 2 rings (SSSR count). The quantitative estimate of drug-likeness (QED) is 0.521. The van der Waals surface area contributed by atoms with Crippen molar-refractivity contribution >= 4 is 17.9 Å². The first-order valence-electron chi connectivity index (χ1n) is 9.35. The smallest absolute Gasteiger partial charge is 0.335 e. The van der Waals surface area contributed by atoms with Crippen LogP contribution in [0.25, 0.3) is 0 Å². The number of phenolic OH excluding ortho intramolecular Hbond substituents is 1. The van der Waals surface area contributed by atoms with E-state index in [0.717, 1.165) is 0 Å². The van der Waals surface area contributed by atoms with E-state index in [4.69, 9.17) is 23.7 Å². The van der Waals surface area contributed by atoms with Crippen molar-refractivity contribution in [2.75, 3.05) is 28.4 Å². The molecule has 0 aliphatic rings. The summed E-state index contributed by atoms with van der Waals surface area (Å²) in [5, 5.41) is 19.1. The molecule has 0 radical (unpaired) electrons. The minimum Gasteiger partial charge on any atom is -0.504 e. The number of aromatic hydroxyl groups is 1. The molecular weight excluding hydrogens is 424 g/mol. The van der Waals surface area contributed by atoms with Gasteiger partial charge in [-0.15, -0.1) is 0 Å². The van der Waals surface area contributed by atoms with E-state index in [9.17, 15) is 24.6 Å². The Morgan fingerprint density at radius 1 is 0.875 bits per heavy atom. The Morgan fingerprint density at radius 3 is 2.12 bits per heavy atom. The molecule has 2 N–H and O–H groups in total. The van der Waals surface area contributed by atoms with E-state index in [2.05, 4.69) is 0 Å². The number of carboxylic acid groups (broad SMARTS) is 1. The number of hydrogen-bond acceptors (Lipinski definition) is 9. The van der Waals surface area contributed by atoms with Crippen molar-refractivity contribution in [2.24, 2.45) is 0 Å². The van der Waals surface area contributed by atoms with Crippen LogP contribution in [0.3, 0.4) is 0 Å². The Labute approximate surface area is 184 Å². The summed E-state index contributed by atoms with van der Waals surface area (Å²) in [5.74, 6) is -3.50. The Bertz CT molecular complexity index is 985. The molecule has 2 aromatic carbocycles. The van der Waals surface area contributed by atoms with Gasteiger partial charge >= 0.3 is 17.9 Å². The van der Waals surface area contributed by atoms with Crippen LogP contribution in [0.15, 0.2) is 36.4 Å². The fraction of sp³-hybridized carbons (Fsp3) is 0.318. The van der Waals surface area contributed by atoms with E-state index >= 15 is 0 Å². The van der Waals surface area contributed by atoms with E-state index < -0.39 is 29.9 Å². The summed E-state index contributed by atoms with van der Waals surface area (Å²) in [5.41, 5.74) is 0.313. The van der Waals surface area contributed by atoms with Crippen LogP contribution in [0.2, 0.25) is 0 Å². The number of hydrogen-bond donors (Lipinski definition) is 2. The van der Waals surface area contributed by atoms with Crippen LogP contribution in [-0.4, -0.2) is 62.7 Å². The molecule has 0 fully saturated rings. The minimum atomic E-state index is -1.16. The standard InChI is InChI=1S/C22H24O10/c1-28-16-9-12(5-7-14(16)23)20(22(27)31-4)18(11-19(24)30-3)32-15-8-6-13(21(25)26)10-17(15)29-2/h5-10,18,20,23H,11H2,1-4H3,(H,25,26). The number of carbonyl (C=O) groups excluding carboxylic acids is 2. The Kier molecular flexibility index (Phi) is 8.28. The molecular formula is C22H24O10. The summed E-state index contributed by atoms with van der Waals surface area (Å²) in [4.78, 5) is 36.1. The van der Waals surface area contributed by atoms with Crippen LogP contribution in [0.1, 0.15) is 28.3 Å². The van der Waals surface area contributed by atoms with E-state index in [1.54, 1.807) is 0 Å². The first kappa shape index (κ1) is 24.3. The molecule has 0 saturated carbocycles. The maximum Gasteiger partial charge on any atom is 0.335 e. The Balaban J connectivity index is 2.56. The van der Waals surface area contributed by atoms with Crippen molar-refractivity contribution in [3.63, 3.8) is 0 Å². The van der Waals surface area contributed by atoms with Gasteiger partial charge in [-0.2, -0.15) is 0 Å². The number of carbonyl (C=O) groups is 3. The van der Waals surface area contributed by atoms with Crippen molar-refractivity contribution in [1.82, 2.24) is 0 Å². The highest BCUT2D eigenvalue weighted by Crippen LogP contribution is 2.36. The zero-order chi connectivity index (χ0) is 23.8. The first-order chi connectivity index (χ1) is 15.2. The molecule has 0 spiro atoms. The van der Waals surface area contributed by atoms with Crippen molar-refractivity contribution in [2.45, 2.75) is 18.4 Å².